The quantitative estimate of drug-likeness (QED) is 0.359. The van der Waals surface area contributed by atoms with Crippen LogP contribution in [0.2, 0.25) is 0 Å². The average Bonchev–Trinajstić information content (AvgIpc) is 3.56. The summed E-state index contributed by atoms with van der Waals surface area (Å²) in [5, 5.41) is 2.62. The first-order valence-electron chi connectivity index (χ1n) is 14.3. The molecule has 0 radical (unpaired) electrons. The highest BCUT2D eigenvalue weighted by atomic mass is 19.4. The van der Waals surface area contributed by atoms with Crippen molar-refractivity contribution in [2.24, 2.45) is 5.92 Å². The Balaban J connectivity index is 1.09. The van der Waals surface area contributed by atoms with Crippen molar-refractivity contribution in [1.29, 1.82) is 0 Å². The zero-order chi connectivity index (χ0) is 28.1. The van der Waals surface area contributed by atoms with Gasteiger partial charge in [-0.05, 0) is 104 Å². The van der Waals surface area contributed by atoms with Gasteiger partial charge in [0.05, 0.1) is 5.56 Å². The van der Waals surface area contributed by atoms with E-state index in [1.54, 1.807) is 6.07 Å². The van der Waals surface area contributed by atoms with Crippen LogP contribution in [0.15, 0.2) is 72.8 Å². The number of fused-ring (bicyclic) bond motifs is 2. The largest absolute Gasteiger partial charge is 0.416 e. The number of carbonyl (C=O) groups is 1. The van der Waals surface area contributed by atoms with Crippen LogP contribution in [-0.4, -0.2) is 29.9 Å². The molecule has 6 rings (SSSR count). The molecule has 3 aliphatic rings. The minimum absolute atomic E-state index is 0.134. The first-order valence-corrected chi connectivity index (χ1v) is 14.3. The normalized spacial score (nSPS) is 26.3. The summed E-state index contributed by atoms with van der Waals surface area (Å²) in [5.74, 6) is 0.595. The van der Waals surface area contributed by atoms with E-state index in [-0.39, 0.29) is 11.1 Å². The van der Waals surface area contributed by atoms with E-state index in [0.29, 0.717) is 23.4 Å². The number of nitrogens with zero attached hydrogens (tertiary/aromatic N) is 1. The van der Waals surface area contributed by atoms with E-state index in [0.717, 1.165) is 50.0 Å². The molecule has 208 valence electrons. The fourth-order valence-corrected chi connectivity index (χ4v) is 7.38. The van der Waals surface area contributed by atoms with E-state index in [1.807, 2.05) is 19.1 Å². The molecule has 1 amide bonds. The highest BCUT2D eigenvalue weighted by Crippen LogP contribution is 2.48. The Labute approximate surface area is 234 Å². The van der Waals surface area contributed by atoms with E-state index in [9.17, 15) is 18.0 Å². The van der Waals surface area contributed by atoms with Gasteiger partial charge in [-0.25, -0.2) is 0 Å². The molecule has 1 saturated heterocycles. The van der Waals surface area contributed by atoms with Gasteiger partial charge in [0.1, 0.15) is 0 Å². The van der Waals surface area contributed by atoms with Gasteiger partial charge in [-0.3, -0.25) is 4.79 Å². The van der Waals surface area contributed by atoms with E-state index in [1.165, 1.54) is 35.2 Å². The fourth-order valence-electron chi connectivity index (χ4n) is 7.38. The Bertz CT molecular complexity index is 1460. The van der Waals surface area contributed by atoms with Gasteiger partial charge in [0.25, 0.3) is 5.91 Å². The number of amides is 1. The van der Waals surface area contributed by atoms with Crippen LogP contribution in [0.3, 0.4) is 0 Å². The maximum atomic E-state index is 13.0. The number of halogens is 3. The molecule has 3 unspecified atom stereocenters. The zero-order valence-corrected chi connectivity index (χ0v) is 23.0. The lowest BCUT2D eigenvalue weighted by atomic mass is 9.68. The summed E-state index contributed by atoms with van der Waals surface area (Å²) in [6.07, 6.45) is 4.86. The predicted octanol–water partition coefficient (Wildman–Crippen LogP) is 8.21. The lowest BCUT2D eigenvalue weighted by Gasteiger charge is -2.46. The molecule has 0 aromatic heterocycles. The van der Waals surface area contributed by atoms with Gasteiger partial charge < -0.3 is 10.2 Å². The Morgan fingerprint density at radius 1 is 1.02 bits per heavy atom. The third-order valence-corrected chi connectivity index (χ3v) is 9.56. The van der Waals surface area contributed by atoms with Crippen molar-refractivity contribution in [3.63, 3.8) is 0 Å². The minimum Gasteiger partial charge on any atom is -0.322 e. The summed E-state index contributed by atoms with van der Waals surface area (Å²) >= 11 is 0. The van der Waals surface area contributed by atoms with Gasteiger partial charge in [0.15, 0.2) is 0 Å². The van der Waals surface area contributed by atoms with Gasteiger partial charge in [-0.15, -0.1) is 0 Å². The second-order valence-corrected chi connectivity index (χ2v) is 11.9. The number of piperidine rings is 1. The lowest BCUT2D eigenvalue weighted by Crippen LogP contribution is -2.50. The lowest BCUT2D eigenvalue weighted by molar-refractivity contribution is -0.137. The molecule has 3 aromatic carbocycles. The standard InChI is InChI=1S/C34H35F3N2O/c1-22-18-26(32(40)38-28-8-5-7-27(20-28)34(35,36)37)11-13-30(22)25-10-12-29(19-25)39-17-16-33(23(2)21-39)15-14-24-6-3-4-9-31(24)33/h3-9,11,13-15,18,20,23,25,29H,10,12,16-17,19,21H2,1-2H3,(H,38,40)/t23-,25?,29?,33?/m0/s1. The van der Waals surface area contributed by atoms with Crippen LogP contribution in [-0.2, 0) is 11.6 Å². The molecule has 1 N–H and O–H groups in total. The van der Waals surface area contributed by atoms with Crippen LogP contribution < -0.4 is 5.32 Å². The number of anilines is 1. The third-order valence-electron chi connectivity index (χ3n) is 9.56. The van der Waals surface area contributed by atoms with Crippen molar-refractivity contribution < 1.29 is 18.0 Å². The van der Waals surface area contributed by atoms with Gasteiger partial charge in [-0.2, -0.15) is 13.2 Å². The summed E-state index contributed by atoms with van der Waals surface area (Å²) in [7, 11) is 0. The number of carbonyl (C=O) groups excluding carboxylic acids is 1. The summed E-state index contributed by atoms with van der Waals surface area (Å²) in [6.45, 7) is 6.64. The van der Waals surface area contributed by atoms with Gasteiger partial charge in [0.2, 0.25) is 0 Å². The van der Waals surface area contributed by atoms with Crippen molar-refractivity contribution >= 4 is 17.7 Å². The van der Waals surface area contributed by atoms with E-state index in [2.05, 4.69) is 53.6 Å². The van der Waals surface area contributed by atoms with Gasteiger partial charge in [0, 0.05) is 29.3 Å². The first-order chi connectivity index (χ1) is 19.1. The molecule has 40 heavy (non-hydrogen) atoms. The Hall–Kier alpha value is -3.38. The molecular formula is C34H35F3N2O. The summed E-state index contributed by atoms with van der Waals surface area (Å²) in [5.41, 5.74) is 5.14. The monoisotopic (exact) mass is 544 g/mol. The highest BCUT2D eigenvalue weighted by molar-refractivity contribution is 6.04. The van der Waals surface area contributed by atoms with Gasteiger partial charge >= 0.3 is 6.18 Å². The molecular weight excluding hydrogens is 509 g/mol. The van der Waals surface area contributed by atoms with Crippen LogP contribution in [0.5, 0.6) is 0 Å². The van der Waals surface area contributed by atoms with E-state index in [4.69, 9.17) is 0 Å². The molecule has 3 aromatic rings. The number of likely N-dealkylation sites (tertiary alicyclic amines) is 1. The van der Waals surface area contributed by atoms with E-state index < -0.39 is 17.6 Å². The third kappa shape index (κ3) is 4.87. The SMILES string of the molecule is Cc1cc(C(=O)Nc2cccc(C(F)(F)F)c2)ccc1C1CCC(N2CCC3(C=Cc4ccccc43)[C@@H](C)C2)C1. The van der Waals surface area contributed by atoms with Crippen LogP contribution in [0.1, 0.15) is 76.7 Å². The maximum Gasteiger partial charge on any atom is 0.416 e. The molecule has 1 saturated carbocycles. The van der Waals surface area contributed by atoms with Crippen LogP contribution in [0.4, 0.5) is 18.9 Å². The highest BCUT2D eigenvalue weighted by Gasteiger charge is 2.45. The van der Waals surface area contributed by atoms with Gasteiger partial charge in [-0.1, -0.05) is 55.5 Å². The molecule has 6 heteroatoms. The number of aryl methyl sites for hydroxylation is 1. The Morgan fingerprint density at radius 3 is 2.62 bits per heavy atom. The number of benzene rings is 3. The van der Waals surface area contributed by atoms with Crippen LogP contribution in [0, 0.1) is 12.8 Å². The number of alkyl halides is 3. The molecule has 1 spiro atoms. The fraction of sp³-hybridized carbons (Fsp3) is 0.382. The summed E-state index contributed by atoms with van der Waals surface area (Å²) in [4.78, 5) is 15.5. The van der Waals surface area contributed by atoms with E-state index >= 15 is 0 Å². The number of nitrogens with one attached hydrogen (secondary N) is 1. The minimum atomic E-state index is -4.45. The summed E-state index contributed by atoms with van der Waals surface area (Å²) < 4.78 is 39.1. The second kappa shape index (κ2) is 10.2. The topological polar surface area (TPSA) is 32.3 Å². The Morgan fingerprint density at radius 2 is 1.85 bits per heavy atom. The van der Waals surface area contributed by atoms with Crippen molar-refractivity contribution in [3.05, 3.63) is 106 Å². The molecule has 1 heterocycles. The molecule has 1 aliphatic heterocycles. The molecule has 2 aliphatic carbocycles. The first kappa shape index (κ1) is 26.8. The molecule has 2 fully saturated rings. The number of hydrogen-bond acceptors (Lipinski definition) is 2. The van der Waals surface area contributed by atoms with Crippen LogP contribution in [0.25, 0.3) is 6.08 Å². The maximum absolute atomic E-state index is 13.0. The predicted molar refractivity (Wildman–Crippen MR) is 153 cm³/mol. The molecule has 4 atom stereocenters. The molecule has 3 nitrogen and oxygen atoms in total. The smallest absolute Gasteiger partial charge is 0.322 e. The Kier molecular flexibility index (Phi) is 6.86. The van der Waals surface area contributed by atoms with Crippen molar-refractivity contribution in [2.45, 2.75) is 63.1 Å². The zero-order valence-electron chi connectivity index (χ0n) is 23.0. The number of allylic oxidation sites excluding steroid dienone is 1. The number of hydrogen-bond donors (Lipinski definition) is 1. The summed E-state index contributed by atoms with van der Waals surface area (Å²) in [6, 6.07) is 19.8. The van der Waals surface area contributed by atoms with Crippen molar-refractivity contribution in [3.8, 4) is 0 Å². The molecule has 0 bridgehead atoms. The van der Waals surface area contributed by atoms with Crippen LogP contribution >= 0.6 is 0 Å². The van der Waals surface area contributed by atoms with Crippen molar-refractivity contribution in [1.82, 2.24) is 4.90 Å². The number of rotatable bonds is 4. The second-order valence-electron chi connectivity index (χ2n) is 11.9. The van der Waals surface area contributed by atoms with Crippen molar-refractivity contribution in [2.75, 3.05) is 18.4 Å². The average molecular weight is 545 g/mol.